The summed E-state index contributed by atoms with van der Waals surface area (Å²) in [6.45, 7) is 3.61. The molecule has 0 aliphatic rings. The van der Waals surface area contributed by atoms with Crippen LogP contribution in [0.15, 0.2) is 54.7 Å². The quantitative estimate of drug-likeness (QED) is 0.484. The molecular weight excluding hydrogens is 362 g/mol. The second kappa shape index (κ2) is 8.79. The van der Waals surface area contributed by atoms with Gasteiger partial charge >= 0.3 is 0 Å². The smallest absolute Gasteiger partial charge is 0.205 e. The van der Waals surface area contributed by atoms with Gasteiger partial charge in [0.25, 0.3) is 0 Å². The summed E-state index contributed by atoms with van der Waals surface area (Å²) < 4.78 is 2.25. The Morgan fingerprint density at radius 1 is 1.00 bits per heavy atom. The first-order valence-corrected chi connectivity index (χ1v) is 9.95. The highest BCUT2D eigenvalue weighted by Gasteiger charge is 2.11. The molecule has 0 amide bonds. The van der Waals surface area contributed by atoms with Crippen molar-refractivity contribution in [2.24, 2.45) is 5.73 Å². The Balaban J connectivity index is 1.59. The number of nitrogens with two attached hydrogens (primary N) is 1. The Labute approximate surface area is 170 Å². The molecule has 148 valence electrons. The number of benzene rings is 2. The third-order valence-corrected chi connectivity index (χ3v) is 4.91. The van der Waals surface area contributed by atoms with Crippen molar-refractivity contribution in [2.75, 3.05) is 6.54 Å². The van der Waals surface area contributed by atoms with Gasteiger partial charge in [0.05, 0.1) is 5.69 Å². The largest absolute Gasteiger partial charge is 0.330 e. The number of hydrogen-bond acceptors (Lipinski definition) is 5. The number of aryl methyl sites for hydroxylation is 1. The van der Waals surface area contributed by atoms with E-state index in [9.17, 15) is 0 Å². The molecule has 0 spiro atoms. The molecule has 4 aromatic rings. The molecule has 0 fully saturated rings. The van der Waals surface area contributed by atoms with Gasteiger partial charge in [-0.25, -0.2) is 4.98 Å². The highest BCUT2D eigenvalue weighted by Crippen LogP contribution is 2.29. The zero-order valence-corrected chi connectivity index (χ0v) is 16.5. The molecule has 0 unspecified atom stereocenters. The van der Waals surface area contributed by atoms with E-state index < -0.39 is 0 Å². The summed E-state index contributed by atoms with van der Waals surface area (Å²) in [4.78, 5) is 4.75. The first-order chi connectivity index (χ1) is 14.3. The van der Waals surface area contributed by atoms with Crippen LogP contribution in [0.3, 0.4) is 0 Å². The van der Waals surface area contributed by atoms with Gasteiger partial charge in [-0.1, -0.05) is 55.5 Å². The van der Waals surface area contributed by atoms with Crippen molar-refractivity contribution in [1.82, 2.24) is 30.2 Å². The normalized spacial score (nSPS) is 11.1. The van der Waals surface area contributed by atoms with Gasteiger partial charge in [0.1, 0.15) is 5.82 Å². The van der Waals surface area contributed by atoms with Crippen molar-refractivity contribution in [3.63, 3.8) is 0 Å². The second-order valence-electron chi connectivity index (χ2n) is 7.04. The molecule has 0 bridgehead atoms. The lowest BCUT2D eigenvalue weighted by atomic mass is 9.98. The Morgan fingerprint density at radius 2 is 1.79 bits per heavy atom. The molecule has 0 aliphatic heterocycles. The van der Waals surface area contributed by atoms with Gasteiger partial charge in [0.2, 0.25) is 5.82 Å². The van der Waals surface area contributed by atoms with E-state index in [-0.39, 0.29) is 0 Å². The van der Waals surface area contributed by atoms with Gasteiger partial charge in [-0.2, -0.15) is 5.21 Å². The fourth-order valence-corrected chi connectivity index (χ4v) is 3.53. The van der Waals surface area contributed by atoms with Crippen LogP contribution in [0.4, 0.5) is 0 Å². The van der Waals surface area contributed by atoms with Crippen molar-refractivity contribution in [3.8, 4) is 22.5 Å². The van der Waals surface area contributed by atoms with Crippen LogP contribution in [0.2, 0.25) is 0 Å². The third kappa shape index (κ3) is 4.25. The number of aromatic amines is 1. The number of aromatic nitrogens is 6. The number of nitrogens with zero attached hydrogens (tertiary/aromatic N) is 5. The summed E-state index contributed by atoms with van der Waals surface area (Å²) in [5.41, 5.74) is 11.2. The maximum Gasteiger partial charge on any atom is 0.205 e. The second-order valence-corrected chi connectivity index (χ2v) is 7.04. The molecule has 29 heavy (non-hydrogen) atoms. The van der Waals surface area contributed by atoms with Gasteiger partial charge in [-0.3, -0.25) is 0 Å². The van der Waals surface area contributed by atoms with Crippen LogP contribution >= 0.6 is 0 Å². The number of rotatable bonds is 8. The number of hydrogen-bond donors (Lipinski definition) is 2. The summed E-state index contributed by atoms with van der Waals surface area (Å²) in [5.74, 6) is 1.72. The molecule has 0 saturated carbocycles. The summed E-state index contributed by atoms with van der Waals surface area (Å²) in [6.07, 6.45) is 5.00. The van der Waals surface area contributed by atoms with E-state index in [1.54, 1.807) is 0 Å². The number of imidazole rings is 1. The topological polar surface area (TPSA) is 98.3 Å². The van der Waals surface area contributed by atoms with E-state index in [1.807, 2.05) is 18.2 Å². The van der Waals surface area contributed by atoms with Crippen LogP contribution in [-0.4, -0.2) is 36.7 Å². The first-order valence-electron chi connectivity index (χ1n) is 9.95. The number of tetrazole rings is 1. The molecule has 2 aromatic heterocycles. The van der Waals surface area contributed by atoms with Crippen molar-refractivity contribution >= 4 is 0 Å². The van der Waals surface area contributed by atoms with Crippen LogP contribution in [0.25, 0.3) is 22.5 Å². The summed E-state index contributed by atoms with van der Waals surface area (Å²) in [7, 11) is 0. The lowest BCUT2D eigenvalue weighted by molar-refractivity contribution is 0.705. The molecule has 3 N–H and O–H groups in total. The van der Waals surface area contributed by atoms with E-state index in [0.717, 1.165) is 54.0 Å². The standard InChI is InChI=1S/C22H25N7/c1-2-5-21-24-18(12-13-23)15-29(21)14-16-8-10-17(11-9-16)19-6-3-4-7-20(19)22-25-27-28-26-22/h3-4,6-11,15H,2,5,12-14,23H2,1H3,(H,25,26,27,28). The minimum atomic E-state index is 0.597. The van der Waals surface area contributed by atoms with E-state index in [0.29, 0.717) is 12.4 Å². The monoisotopic (exact) mass is 387 g/mol. The summed E-state index contributed by atoms with van der Waals surface area (Å²) >= 11 is 0. The minimum Gasteiger partial charge on any atom is -0.330 e. The molecule has 0 aliphatic carbocycles. The van der Waals surface area contributed by atoms with Crippen LogP contribution < -0.4 is 5.73 Å². The third-order valence-electron chi connectivity index (χ3n) is 4.91. The molecule has 0 radical (unpaired) electrons. The SMILES string of the molecule is CCCc1nc(CCN)cn1Cc1ccc(-c2ccccc2-c2nn[nH]n2)cc1. The highest BCUT2D eigenvalue weighted by molar-refractivity contribution is 5.80. The first kappa shape index (κ1) is 19.0. The number of H-pyrrole nitrogens is 1. The maximum atomic E-state index is 5.70. The van der Waals surface area contributed by atoms with Crippen molar-refractivity contribution in [3.05, 3.63) is 71.8 Å². The average Bonchev–Trinajstić information content (AvgIpc) is 3.40. The van der Waals surface area contributed by atoms with E-state index >= 15 is 0 Å². The van der Waals surface area contributed by atoms with Gasteiger partial charge < -0.3 is 10.3 Å². The molecule has 2 heterocycles. The van der Waals surface area contributed by atoms with Crippen molar-refractivity contribution in [2.45, 2.75) is 32.7 Å². The average molecular weight is 387 g/mol. The van der Waals surface area contributed by atoms with Crippen LogP contribution in [0.1, 0.15) is 30.4 Å². The van der Waals surface area contributed by atoms with E-state index in [1.165, 1.54) is 5.56 Å². The molecule has 7 heteroatoms. The molecule has 7 nitrogen and oxygen atoms in total. The van der Waals surface area contributed by atoms with Crippen LogP contribution in [-0.2, 0) is 19.4 Å². The molecule has 0 saturated heterocycles. The maximum absolute atomic E-state index is 5.70. The predicted molar refractivity (Wildman–Crippen MR) is 113 cm³/mol. The lowest BCUT2D eigenvalue weighted by Crippen LogP contribution is -2.04. The van der Waals surface area contributed by atoms with Gasteiger partial charge in [0, 0.05) is 31.1 Å². The summed E-state index contributed by atoms with van der Waals surface area (Å²) in [6, 6.07) is 16.7. The predicted octanol–water partition coefficient (Wildman–Crippen LogP) is 3.23. The Kier molecular flexibility index (Phi) is 5.76. The number of nitrogens with one attached hydrogen (secondary N) is 1. The molecule has 2 aromatic carbocycles. The fraction of sp³-hybridized carbons (Fsp3) is 0.273. The van der Waals surface area contributed by atoms with Crippen LogP contribution in [0.5, 0.6) is 0 Å². The molecule has 0 atom stereocenters. The Morgan fingerprint density at radius 3 is 2.48 bits per heavy atom. The minimum absolute atomic E-state index is 0.597. The zero-order valence-electron chi connectivity index (χ0n) is 16.5. The Bertz CT molecular complexity index is 1050. The highest BCUT2D eigenvalue weighted by atomic mass is 15.5. The van der Waals surface area contributed by atoms with Crippen molar-refractivity contribution < 1.29 is 0 Å². The van der Waals surface area contributed by atoms with Gasteiger partial charge in [-0.15, -0.1) is 10.2 Å². The zero-order chi connectivity index (χ0) is 20.1. The van der Waals surface area contributed by atoms with Gasteiger partial charge in [0.15, 0.2) is 0 Å². The van der Waals surface area contributed by atoms with Crippen LogP contribution in [0, 0.1) is 0 Å². The van der Waals surface area contributed by atoms with Crippen molar-refractivity contribution in [1.29, 1.82) is 0 Å². The van der Waals surface area contributed by atoms with E-state index in [4.69, 9.17) is 10.7 Å². The van der Waals surface area contributed by atoms with Gasteiger partial charge in [-0.05, 0) is 34.9 Å². The van der Waals surface area contributed by atoms with E-state index in [2.05, 4.69) is 68.6 Å². The molecular formula is C22H25N7. The fourth-order valence-electron chi connectivity index (χ4n) is 3.53. The lowest BCUT2D eigenvalue weighted by Gasteiger charge is -2.10. The summed E-state index contributed by atoms with van der Waals surface area (Å²) in [5, 5.41) is 14.5. The Hall–Kier alpha value is -3.32. The molecule has 4 rings (SSSR count).